The summed E-state index contributed by atoms with van der Waals surface area (Å²) in [7, 11) is 0. The quantitative estimate of drug-likeness (QED) is 0.943. The van der Waals surface area contributed by atoms with E-state index in [0.29, 0.717) is 10.0 Å². The Balaban J connectivity index is 2.43. The molecule has 0 spiro atoms. The second-order valence-electron chi connectivity index (χ2n) is 3.92. The number of aromatic carboxylic acids is 1. The Bertz CT molecular complexity index is 697. The van der Waals surface area contributed by atoms with Crippen molar-refractivity contribution in [1.82, 2.24) is 4.57 Å². The van der Waals surface area contributed by atoms with Gasteiger partial charge in [0.2, 0.25) is 0 Å². The van der Waals surface area contributed by atoms with Crippen molar-refractivity contribution in [2.75, 3.05) is 0 Å². The van der Waals surface area contributed by atoms with E-state index in [1.807, 2.05) is 0 Å². The van der Waals surface area contributed by atoms with E-state index in [1.54, 1.807) is 12.1 Å². The topological polar surface area (TPSA) is 59.3 Å². The number of rotatable bonds is 3. The highest BCUT2D eigenvalue weighted by atomic mass is 79.9. The lowest BCUT2D eigenvalue weighted by molar-refractivity contribution is 0.0696. The highest BCUT2D eigenvalue weighted by Crippen LogP contribution is 2.16. The molecule has 1 aromatic carbocycles. The Morgan fingerprint density at radius 2 is 2.05 bits per heavy atom. The van der Waals surface area contributed by atoms with Gasteiger partial charge in [0.25, 0.3) is 5.56 Å². The van der Waals surface area contributed by atoms with Gasteiger partial charge in [0.15, 0.2) is 0 Å². The minimum atomic E-state index is -1.14. The van der Waals surface area contributed by atoms with Crippen molar-refractivity contribution in [2.45, 2.75) is 6.54 Å². The first-order valence-corrected chi connectivity index (χ1v) is 6.14. The predicted octanol–water partition coefficient (Wildman–Crippen LogP) is 2.50. The van der Waals surface area contributed by atoms with Crippen LogP contribution in [0.2, 0.25) is 0 Å². The summed E-state index contributed by atoms with van der Waals surface area (Å²) in [6.45, 7) is -0.0226. The van der Waals surface area contributed by atoms with Crippen molar-refractivity contribution in [3.63, 3.8) is 0 Å². The predicted molar refractivity (Wildman–Crippen MR) is 70.9 cm³/mol. The fourth-order valence-corrected chi connectivity index (χ4v) is 2.04. The number of hydrogen-bond acceptors (Lipinski definition) is 2. The fraction of sp³-hybridized carbons (Fsp3) is 0.0769. The molecule has 0 radical (unpaired) electrons. The van der Waals surface area contributed by atoms with Crippen molar-refractivity contribution < 1.29 is 14.3 Å². The van der Waals surface area contributed by atoms with Crippen LogP contribution >= 0.6 is 15.9 Å². The van der Waals surface area contributed by atoms with E-state index in [0.717, 1.165) is 10.6 Å². The number of hydrogen-bond donors (Lipinski definition) is 1. The molecule has 0 fully saturated rings. The second kappa shape index (κ2) is 5.36. The summed E-state index contributed by atoms with van der Waals surface area (Å²) in [4.78, 5) is 22.5. The zero-order chi connectivity index (χ0) is 14.0. The van der Waals surface area contributed by atoms with Crippen molar-refractivity contribution in [1.29, 1.82) is 0 Å². The highest BCUT2D eigenvalue weighted by molar-refractivity contribution is 9.10. The molecule has 6 heteroatoms. The van der Waals surface area contributed by atoms with Gasteiger partial charge in [0, 0.05) is 22.3 Å². The number of carboxylic acid groups (broad SMARTS) is 1. The van der Waals surface area contributed by atoms with Crippen molar-refractivity contribution >= 4 is 21.9 Å². The van der Waals surface area contributed by atoms with E-state index in [1.165, 1.54) is 18.3 Å². The molecule has 0 aliphatic heterocycles. The molecule has 0 amide bonds. The highest BCUT2D eigenvalue weighted by Gasteiger charge is 2.08. The molecular formula is C13H9BrFNO3. The van der Waals surface area contributed by atoms with Crippen LogP contribution in [0.1, 0.15) is 15.9 Å². The zero-order valence-electron chi connectivity index (χ0n) is 9.64. The van der Waals surface area contributed by atoms with E-state index < -0.39 is 11.8 Å². The molecule has 0 aliphatic rings. The number of pyridine rings is 1. The third-order valence-corrected chi connectivity index (χ3v) is 3.07. The second-order valence-corrected chi connectivity index (χ2v) is 4.84. The van der Waals surface area contributed by atoms with Crippen LogP contribution in [0.25, 0.3) is 0 Å². The normalized spacial score (nSPS) is 10.4. The van der Waals surface area contributed by atoms with Crippen molar-refractivity contribution in [2.24, 2.45) is 0 Å². The maximum Gasteiger partial charge on any atom is 0.337 e. The van der Waals surface area contributed by atoms with Crippen molar-refractivity contribution in [3.8, 4) is 0 Å². The molecule has 0 saturated heterocycles. The fourth-order valence-electron chi connectivity index (χ4n) is 1.63. The van der Waals surface area contributed by atoms with Crippen LogP contribution in [0.3, 0.4) is 0 Å². The van der Waals surface area contributed by atoms with Crippen LogP contribution in [0.5, 0.6) is 0 Å². The van der Waals surface area contributed by atoms with Crippen LogP contribution < -0.4 is 5.56 Å². The van der Waals surface area contributed by atoms with E-state index >= 15 is 0 Å². The Morgan fingerprint density at radius 1 is 1.32 bits per heavy atom. The van der Waals surface area contributed by atoms with E-state index in [-0.39, 0.29) is 17.7 Å². The largest absolute Gasteiger partial charge is 0.478 e. The standard InChI is InChI=1S/C13H9BrFNO3/c14-10-2-3-11(15)9(5-10)7-16-6-8(13(18)19)1-4-12(16)17/h1-6H,7H2,(H,18,19). The van der Waals surface area contributed by atoms with E-state index in [4.69, 9.17) is 5.11 Å². The molecule has 0 aliphatic carbocycles. The molecular weight excluding hydrogens is 317 g/mol. The number of nitrogens with zero attached hydrogens (tertiary/aromatic N) is 1. The van der Waals surface area contributed by atoms with Gasteiger partial charge in [0.05, 0.1) is 12.1 Å². The summed E-state index contributed by atoms with van der Waals surface area (Å²) in [6.07, 6.45) is 1.20. The van der Waals surface area contributed by atoms with Gasteiger partial charge in [0.1, 0.15) is 5.82 Å². The Labute approximate surface area is 116 Å². The smallest absolute Gasteiger partial charge is 0.337 e. The van der Waals surface area contributed by atoms with Gasteiger partial charge in [-0.15, -0.1) is 0 Å². The van der Waals surface area contributed by atoms with Crippen LogP contribution in [0.4, 0.5) is 4.39 Å². The molecule has 1 N–H and O–H groups in total. The van der Waals surface area contributed by atoms with Gasteiger partial charge in [-0.2, -0.15) is 0 Å². The average Bonchev–Trinajstić information content (AvgIpc) is 2.36. The maximum absolute atomic E-state index is 13.6. The van der Waals surface area contributed by atoms with Crippen LogP contribution in [-0.2, 0) is 6.54 Å². The number of carbonyl (C=O) groups is 1. The molecule has 0 unspecified atom stereocenters. The van der Waals surface area contributed by atoms with E-state index in [9.17, 15) is 14.0 Å². The molecule has 98 valence electrons. The Hall–Kier alpha value is -1.95. The van der Waals surface area contributed by atoms with Crippen LogP contribution in [-0.4, -0.2) is 15.6 Å². The molecule has 2 aromatic rings. The summed E-state index contributed by atoms with van der Waals surface area (Å²) in [6, 6.07) is 6.76. The molecule has 1 aromatic heterocycles. The van der Waals surface area contributed by atoms with Gasteiger partial charge in [-0.25, -0.2) is 9.18 Å². The Kier molecular flexibility index (Phi) is 3.80. The molecule has 0 saturated carbocycles. The van der Waals surface area contributed by atoms with Crippen LogP contribution in [0, 0.1) is 5.82 Å². The van der Waals surface area contributed by atoms with Gasteiger partial charge in [-0.05, 0) is 24.3 Å². The molecule has 2 rings (SSSR count). The van der Waals surface area contributed by atoms with E-state index in [2.05, 4.69) is 15.9 Å². The lowest BCUT2D eigenvalue weighted by Gasteiger charge is -2.08. The average molecular weight is 326 g/mol. The summed E-state index contributed by atoms with van der Waals surface area (Å²) in [5.74, 6) is -1.58. The summed E-state index contributed by atoms with van der Waals surface area (Å²) >= 11 is 3.22. The third-order valence-electron chi connectivity index (χ3n) is 2.58. The third kappa shape index (κ3) is 3.08. The molecule has 4 nitrogen and oxygen atoms in total. The molecule has 0 atom stereocenters. The summed E-state index contributed by atoms with van der Waals surface area (Å²) in [5.41, 5.74) is -0.0987. The molecule has 0 bridgehead atoms. The van der Waals surface area contributed by atoms with Gasteiger partial charge >= 0.3 is 5.97 Å². The lowest BCUT2D eigenvalue weighted by atomic mass is 10.2. The van der Waals surface area contributed by atoms with Gasteiger partial charge < -0.3 is 9.67 Å². The molecule has 1 heterocycles. The minimum Gasteiger partial charge on any atom is -0.478 e. The summed E-state index contributed by atoms with van der Waals surface area (Å²) < 4.78 is 15.4. The monoisotopic (exact) mass is 325 g/mol. The van der Waals surface area contributed by atoms with Crippen molar-refractivity contribution in [3.05, 3.63) is 68.3 Å². The first-order chi connectivity index (χ1) is 8.97. The van der Waals surface area contributed by atoms with Gasteiger partial charge in [-0.1, -0.05) is 15.9 Å². The zero-order valence-corrected chi connectivity index (χ0v) is 11.2. The lowest BCUT2D eigenvalue weighted by Crippen LogP contribution is -2.21. The minimum absolute atomic E-state index is 0.0185. The maximum atomic E-state index is 13.6. The Morgan fingerprint density at radius 3 is 2.74 bits per heavy atom. The first-order valence-electron chi connectivity index (χ1n) is 5.35. The SMILES string of the molecule is O=C(O)c1ccc(=O)n(Cc2cc(Br)ccc2F)c1. The first kappa shape index (κ1) is 13.5. The number of carboxylic acids is 1. The number of halogens is 2. The molecule has 19 heavy (non-hydrogen) atoms. The van der Waals surface area contributed by atoms with Crippen LogP contribution in [0.15, 0.2) is 45.8 Å². The summed E-state index contributed by atoms with van der Waals surface area (Å²) in [5, 5.41) is 8.87. The van der Waals surface area contributed by atoms with Gasteiger partial charge in [-0.3, -0.25) is 4.79 Å². The number of benzene rings is 1. The number of aromatic nitrogens is 1.